The zero-order chi connectivity index (χ0) is 11.6. The molecule has 90 valence electrons. The van der Waals surface area contributed by atoms with Crippen molar-refractivity contribution in [2.45, 2.75) is 64.5 Å². The molecule has 2 N–H and O–H groups in total. The zero-order valence-corrected chi connectivity index (χ0v) is 10.4. The molecule has 0 atom stereocenters. The van der Waals surface area contributed by atoms with Crippen molar-refractivity contribution in [1.82, 2.24) is 14.8 Å². The van der Waals surface area contributed by atoms with Gasteiger partial charge in [-0.1, -0.05) is 25.7 Å². The molecule has 1 saturated carbocycles. The zero-order valence-electron chi connectivity index (χ0n) is 10.4. The van der Waals surface area contributed by atoms with E-state index >= 15 is 0 Å². The summed E-state index contributed by atoms with van der Waals surface area (Å²) in [6.45, 7) is 5.03. The molecule has 1 aliphatic carbocycles. The first kappa shape index (κ1) is 11.6. The van der Waals surface area contributed by atoms with Crippen LogP contribution in [0.3, 0.4) is 0 Å². The molecule has 1 fully saturated rings. The van der Waals surface area contributed by atoms with Crippen LogP contribution in [0.5, 0.6) is 0 Å². The Balaban J connectivity index is 2.32. The molecule has 1 heterocycles. The van der Waals surface area contributed by atoms with Crippen LogP contribution in [0.2, 0.25) is 0 Å². The van der Waals surface area contributed by atoms with Gasteiger partial charge in [0.05, 0.1) is 5.54 Å². The minimum Gasteiger partial charge on any atom is -0.319 e. The quantitative estimate of drug-likeness (QED) is 0.780. The lowest BCUT2D eigenvalue weighted by atomic mass is 9.90. The summed E-state index contributed by atoms with van der Waals surface area (Å²) in [5.41, 5.74) is 6.30. The Morgan fingerprint density at radius 2 is 1.81 bits per heavy atom. The fourth-order valence-electron chi connectivity index (χ4n) is 2.71. The molecule has 16 heavy (non-hydrogen) atoms. The maximum absolute atomic E-state index is 6.55. The number of aromatic nitrogens is 3. The van der Waals surface area contributed by atoms with E-state index in [0.717, 1.165) is 31.0 Å². The van der Waals surface area contributed by atoms with E-state index in [1.54, 1.807) is 0 Å². The highest BCUT2D eigenvalue weighted by Crippen LogP contribution is 2.32. The molecule has 1 aromatic heterocycles. The topological polar surface area (TPSA) is 56.7 Å². The summed E-state index contributed by atoms with van der Waals surface area (Å²) in [5, 5.41) is 8.48. The van der Waals surface area contributed by atoms with Crippen LogP contribution in [0.15, 0.2) is 0 Å². The monoisotopic (exact) mass is 222 g/mol. The predicted octanol–water partition coefficient (Wildman–Crippen LogP) is 2.11. The van der Waals surface area contributed by atoms with Gasteiger partial charge in [-0.05, 0) is 26.7 Å². The smallest absolute Gasteiger partial charge is 0.153 e. The molecule has 0 bridgehead atoms. The second kappa shape index (κ2) is 4.53. The Morgan fingerprint density at radius 1 is 1.19 bits per heavy atom. The van der Waals surface area contributed by atoms with Gasteiger partial charge in [0, 0.05) is 6.54 Å². The van der Waals surface area contributed by atoms with Crippen LogP contribution >= 0.6 is 0 Å². The van der Waals surface area contributed by atoms with Crippen LogP contribution in [0.1, 0.15) is 57.1 Å². The normalized spacial score (nSPS) is 20.7. The van der Waals surface area contributed by atoms with E-state index in [1.807, 2.05) is 6.92 Å². The van der Waals surface area contributed by atoms with Crippen LogP contribution in [-0.4, -0.2) is 14.8 Å². The molecule has 0 aromatic carbocycles. The minimum atomic E-state index is -0.242. The molecule has 0 saturated heterocycles. The molecular formula is C12H22N4. The van der Waals surface area contributed by atoms with Crippen LogP contribution in [0.25, 0.3) is 0 Å². The third-order valence-corrected chi connectivity index (χ3v) is 3.69. The highest BCUT2D eigenvalue weighted by atomic mass is 15.3. The van der Waals surface area contributed by atoms with E-state index in [-0.39, 0.29) is 5.54 Å². The number of nitrogens with zero attached hydrogens (tertiary/aromatic N) is 3. The predicted molar refractivity (Wildman–Crippen MR) is 64.0 cm³/mol. The third-order valence-electron chi connectivity index (χ3n) is 3.69. The second-order valence-electron chi connectivity index (χ2n) is 4.89. The van der Waals surface area contributed by atoms with Gasteiger partial charge < -0.3 is 10.3 Å². The standard InChI is InChI=1S/C12H22N4/c1-3-16-10(2)14-15-11(16)12(13)8-6-4-5-7-9-12/h3-9,13H2,1-2H3. The van der Waals surface area contributed by atoms with Crippen molar-refractivity contribution in [3.8, 4) is 0 Å². The maximum atomic E-state index is 6.55. The van der Waals surface area contributed by atoms with Gasteiger partial charge >= 0.3 is 0 Å². The number of nitrogens with two attached hydrogens (primary N) is 1. The van der Waals surface area contributed by atoms with Crippen molar-refractivity contribution in [2.75, 3.05) is 0 Å². The molecule has 0 spiro atoms. The van der Waals surface area contributed by atoms with Gasteiger partial charge in [0.15, 0.2) is 5.82 Å². The Bertz CT molecular complexity index is 348. The van der Waals surface area contributed by atoms with Gasteiger partial charge in [0.2, 0.25) is 0 Å². The van der Waals surface area contributed by atoms with Crippen molar-refractivity contribution in [2.24, 2.45) is 5.73 Å². The summed E-state index contributed by atoms with van der Waals surface area (Å²) in [5.74, 6) is 1.97. The van der Waals surface area contributed by atoms with Gasteiger partial charge in [-0.25, -0.2) is 0 Å². The molecule has 2 rings (SSSR count). The maximum Gasteiger partial charge on any atom is 0.153 e. The largest absolute Gasteiger partial charge is 0.319 e. The average Bonchev–Trinajstić information content (AvgIpc) is 2.50. The molecule has 4 heteroatoms. The summed E-state index contributed by atoms with van der Waals surface area (Å²) in [7, 11) is 0. The van der Waals surface area contributed by atoms with Crippen LogP contribution in [0.4, 0.5) is 0 Å². The molecular weight excluding hydrogens is 200 g/mol. The van der Waals surface area contributed by atoms with E-state index in [4.69, 9.17) is 5.73 Å². The van der Waals surface area contributed by atoms with Crippen molar-refractivity contribution >= 4 is 0 Å². The van der Waals surface area contributed by atoms with Crippen LogP contribution in [0, 0.1) is 6.92 Å². The van der Waals surface area contributed by atoms with Crippen molar-refractivity contribution in [3.05, 3.63) is 11.6 Å². The molecule has 4 nitrogen and oxygen atoms in total. The first-order chi connectivity index (χ1) is 7.67. The molecule has 0 aliphatic heterocycles. The summed E-state index contributed by atoms with van der Waals surface area (Å²) in [6.07, 6.45) is 7.13. The molecule has 0 radical (unpaired) electrons. The van der Waals surface area contributed by atoms with Gasteiger partial charge in [-0.2, -0.15) is 0 Å². The SMILES string of the molecule is CCn1c(C)nnc1C1(N)CCCCCC1. The van der Waals surface area contributed by atoms with E-state index in [9.17, 15) is 0 Å². The summed E-state index contributed by atoms with van der Waals surface area (Å²) < 4.78 is 2.16. The third kappa shape index (κ3) is 1.98. The highest BCUT2D eigenvalue weighted by Gasteiger charge is 2.33. The van der Waals surface area contributed by atoms with Crippen LogP contribution in [-0.2, 0) is 12.1 Å². The number of rotatable bonds is 2. The Kier molecular flexibility index (Phi) is 3.28. The Hall–Kier alpha value is -0.900. The van der Waals surface area contributed by atoms with E-state index in [0.29, 0.717) is 0 Å². The lowest BCUT2D eigenvalue weighted by molar-refractivity contribution is 0.347. The Morgan fingerprint density at radius 3 is 2.38 bits per heavy atom. The second-order valence-corrected chi connectivity index (χ2v) is 4.89. The van der Waals surface area contributed by atoms with Gasteiger partial charge in [0.25, 0.3) is 0 Å². The summed E-state index contributed by atoms with van der Waals surface area (Å²) in [6, 6.07) is 0. The van der Waals surface area contributed by atoms with E-state index in [2.05, 4.69) is 21.7 Å². The van der Waals surface area contributed by atoms with E-state index in [1.165, 1.54) is 25.7 Å². The minimum absolute atomic E-state index is 0.242. The number of aryl methyl sites for hydroxylation is 1. The lowest BCUT2D eigenvalue weighted by Crippen LogP contribution is -2.39. The van der Waals surface area contributed by atoms with Gasteiger partial charge in [0.1, 0.15) is 5.82 Å². The van der Waals surface area contributed by atoms with Gasteiger partial charge in [-0.15, -0.1) is 10.2 Å². The molecule has 1 aliphatic rings. The summed E-state index contributed by atoms with van der Waals surface area (Å²) >= 11 is 0. The van der Waals surface area contributed by atoms with Crippen LogP contribution < -0.4 is 5.73 Å². The average molecular weight is 222 g/mol. The van der Waals surface area contributed by atoms with Crippen molar-refractivity contribution in [3.63, 3.8) is 0 Å². The van der Waals surface area contributed by atoms with E-state index < -0.39 is 0 Å². The van der Waals surface area contributed by atoms with Gasteiger partial charge in [-0.3, -0.25) is 0 Å². The lowest BCUT2D eigenvalue weighted by Gasteiger charge is -2.27. The first-order valence-electron chi connectivity index (χ1n) is 6.36. The highest BCUT2D eigenvalue weighted by molar-refractivity contribution is 5.08. The molecule has 0 amide bonds. The molecule has 1 aromatic rings. The first-order valence-corrected chi connectivity index (χ1v) is 6.36. The summed E-state index contributed by atoms with van der Waals surface area (Å²) in [4.78, 5) is 0. The fraction of sp³-hybridized carbons (Fsp3) is 0.833. The fourth-order valence-corrected chi connectivity index (χ4v) is 2.71. The van der Waals surface area contributed by atoms with Crippen molar-refractivity contribution in [1.29, 1.82) is 0 Å². The number of hydrogen-bond donors (Lipinski definition) is 1. The Labute approximate surface area is 97.2 Å². The number of hydrogen-bond acceptors (Lipinski definition) is 3. The van der Waals surface area contributed by atoms with Crippen molar-refractivity contribution < 1.29 is 0 Å². The molecule has 0 unspecified atom stereocenters.